The van der Waals surface area contributed by atoms with Crippen LogP contribution >= 0.6 is 11.3 Å². The van der Waals surface area contributed by atoms with Gasteiger partial charge in [0.1, 0.15) is 0 Å². The van der Waals surface area contributed by atoms with Crippen LogP contribution < -0.4 is 5.56 Å². The molecule has 0 saturated carbocycles. The summed E-state index contributed by atoms with van der Waals surface area (Å²) >= 11 is 1.47. The molecule has 21 heavy (non-hydrogen) atoms. The summed E-state index contributed by atoms with van der Waals surface area (Å²) in [5.41, 5.74) is 1.62. The molecule has 0 amide bonds. The van der Waals surface area contributed by atoms with E-state index in [9.17, 15) is 9.59 Å². The van der Waals surface area contributed by atoms with E-state index < -0.39 is 0 Å². The minimum absolute atomic E-state index is 0.0447. The Labute approximate surface area is 127 Å². The largest absolute Gasteiger partial charge is 0.469 e. The van der Waals surface area contributed by atoms with Gasteiger partial charge in [0.2, 0.25) is 0 Å². The minimum atomic E-state index is -0.199. The summed E-state index contributed by atoms with van der Waals surface area (Å²) in [4.78, 5) is 30.4. The number of methoxy groups -OCH3 is 1. The molecule has 6 nitrogen and oxygen atoms in total. The first kappa shape index (κ1) is 15.7. The number of carbonyl (C=O) groups is 1. The van der Waals surface area contributed by atoms with E-state index in [1.165, 1.54) is 18.4 Å². The molecule has 0 radical (unpaired) electrons. The van der Waals surface area contributed by atoms with E-state index >= 15 is 0 Å². The van der Waals surface area contributed by atoms with Gasteiger partial charge in [0.25, 0.3) is 5.56 Å². The van der Waals surface area contributed by atoms with Gasteiger partial charge in [-0.25, -0.2) is 4.98 Å². The Morgan fingerprint density at radius 3 is 3.00 bits per heavy atom. The second kappa shape index (κ2) is 6.82. The standard InChI is InChI=1S/C14H19N3O3S/c1-10-9-21-14-15-11(7-12(18)17(10)14)8-16(2)6-4-5-13(19)20-3/h7,9H,4-6,8H2,1-3H3. The highest BCUT2D eigenvalue weighted by Crippen LogP contribution is 2.12. The van der Waals surface area contributed by atoms with Gasteiger partial charge in [0.15, 0.2) is 4.96 Å². The molecule has 0 unspecified atom stereocenters. The lowest BCUT2D eigenvalue weighted by Crippen LogP contribution is -2.23. The van der Waals surface area contributed by atoms with Crippen molar-refractivity contribution < 1.29 is 9.53 Å². The zero-order chi connectivity index (χ0) is 15.4. The number of rotatable bonds is 6. The van der Waals surface area contributed by atoms with Crippen LogP contribution in [-0.2, 0) is 16.1 Å². The predicted molar refractivity (Wildman–Crippen MR) is 81.7 cm³/mol. The van der Waals surface area contributed by atoms with Crippen molar-refractivity contribution in [2.24, 2.45) is 0 Å². The number of aromatic nitrogens is 2. The number of carbonyl (C=O) groups excluding carboxylic acids is 1. The summed E-state index contributed by atoms with van der Waals surface area (Å²) in [6.45, 7) is 3.23. The van der Waals surface area contributed by atoms with Crippen molar-refractivity contribution in [2.75, 3.05) is 20.7 Å². The van der Waals surface area contributed by atoms with Crippen LogP contribution in [0.3, 0.4) is 0 Å². The van der Waals surface area contributed by atoms with Crippen molar-refractivity contribution in [1.29, 1.82) is 0 Å². The molecule has 2 rings (SSSR count). The van der Waals surface area contributed by atoms with E-state index in [-0.39, 0.29) is 11.5 Å². The zero-order valence-electron chi connectivity index (χ0n) is 12.5. The van der Waals surface area contributed by atoms with Gasteiger partial charge in [-0.2, -0.15) is 0 Å². The molecule has 0 N–H and O–H groups in total. The fourth-order valence-electron chi connectivity index (χ4n) is 2.13. The molecule has 0 saturated heterocycles. The number of hydrogen-bond donors (Lipinski definition) is 0. The maximum absolute atomic E-state index is 12.1. The number of fused-ring (bicyclic) bond motifs is 1. The fourth-order valence-corrected chi connectivity index (χ4v) is 3.02. The van der Waals surface area contributed by atoms with Crippen LogP contribution in [0, 0.1) is 6.92 Å². The van der Waals surface area contributed by atoms with E-state index in [2.05, 4.69) is 9.72 Å². The summed E-state index contributed by atoms with van der Waals surface area (Å²) in [5.74, 6) is -0.199. The second-order valence-electron chi connectivity index (χ2n) is 5.00. The molecule has 0 aromatic carbocycles. The predicted octanol–water partition coefficient (Wildman–Crippen LogP) is 1.45. The average molecular weight is 309 g/mol. The smallest absolute Gasteiger partial charge is 0.305 e. The van der Waals surface area contributed by atoms with Crippen molar-refractivity contribution in [3.05, 3.63) is 33.2 Å². The third kappa shape index (κ3) is 3.89. The average Bonchev–Trinajstić information content (AvgIpc) is 2.80. The Bertz CT molecular complexity index is 692. The van der Waals surface area contributed by atoms with Crippen LogP contribution in [0.5, 0.6) is 0 Å². The Morgan fingerprint density at radius 2 is 2.29 bits per heavy atom. The van der Waals surface area contributed by atoms with Gasteiger partial charge in [-0.1, -0.05) is 0 Å². The molecule has 0 aliphatic rings. The number of hydrogen-bond acceptors (Lipinski definition) is 6. The van der Waals surface area contributed by atoms with Crippen molar-refractivity contribution in [2.45, 2.75) is 26.3 Å². The summed E-state index contributed by atoms with van der Waals surface area (Å²) < 4.78 is 6.22. The number of esters is 1. The maximum Gasteiger partial charge on any atom is 0.305 e. The SMILES string of the molecule is COC(=O)CCCN(C)Cc1cc(=O)n2c(C)csc2n1. The van der Waals surface area contributed by atoms with Crippen LogP contribution in [0.15, 0.2) is 16.2 Å². The monoisotopic (exact) mass is 309 g/mol. The highest BCUT2D eigenvalue weighted by molar-refractivity contribution is 7.15. The Kier molecular flexibility index (Phi) is 5.08. The van der Waals surface area contributed by atoms with Crippen molar-refractivity contribution in [3.63, 3.8) is 0 Å². The molecule has 0 aliphatic carbocycles. The first-order chi connectivity index (χ1) is 10.0. The van der Waals surface area contributed by atoms with Gasteiger partial charge in [-0.3, -0.25) is 14.0 Å². The van der Waals surface area contributed by atoms with Gasteiger partial charge < -0.3 is 9.64 Å². The minimum Gasteiger partial charge on any atom is -0.469 e. The Balaban J connectivity index is 1.99. The van der Waals surface area contributed by atoms with Gasteiger partial charge in [0.05, 0.1) is 12.8 Å². The van der Waals surface area contributed by atoms with Crippen LogP contribution in [0.1, 0.15) is 24.2 Å². The Hall–Kier alpha value is -1.73. The van der Waals surface area contributed by atoms with E-state index in [1.54, 1.807) is 10.5 Å². The number of nitrogens with zero attached hydrogens (tertiary/aromatic N) is 3. The lowest BCUT2D eigenvalue weighted by molar-refractivity contribution is -0.140. The molecule has 2 aromatic rings. The van der Waals surface area contributed by atoms with Crippen molar-refractivity contribution in [1.82, 2.24) is 14.3 Å². The fraction of sp³-hybridized carbons (Fsp3) is 0.500. The first-order valence-corrected chi connectivity index (χ1v) is 7.61. The van der Waals surface area contributed by atoms with Gasteiger partial charge in [-0.15, -0.1) is 11.3 Å². The lowest BCUT2D eigenvalue weighted by Gasteiger charge is -2.15. The van der Waals surface area contributed by atoms with Crippen LogP contribution in [0.4, 0.5) is 0 Å². The lowest BCUT2D eigenvalue weighted by atomic mass is 10.3. The molecule has 114 valence electrons. The van der Waals surface area contributed by atoms with Gasteiger partial charge >= 0.3 is 5.97 Å². The van der Waals surface area contributed by atoms with E-state index in [0.717, 1.165) is 29.3 Å². The molecule has 0 bridgehead atoms. The van der Waals surface area contributed by atoms with Gasteiger partial charge in [0, 0.05) is 30.1 Å². The molecular formula is C14H19N3O3S. The number of ether oxygens (including phenoxy) is 1. The molecule has 0 atom stereocenters. The highest BCUT2D eigenvalue weighted by Gasteiger charge is 2.09. The summed E-state index contributed by atoms with van der Waals surface area (Å²) in [6.07, 6.45) is 1.13. The van der Waals surface area contributed by atoms with Crippen LogP contribution in [0.25, 0.3) is 4.96 Å². The summed E-state index contributed by atoms with van der Waals surface area (Å²) in [6, 6.07) is 1.57. The highest BCUT2D eigenvalue weighted by atomic mass is 32.1. The van der Waals surface area contributed by atoms with E-state index in [0.29, 0.717) is 13.0 Å². The topological polar surface area (TPSA) is 63.9 Å². The molecule has 2 aromatic heterocycles. The van der Waals surface area contributed by atoms with Gasteiger partial charge in [-0.05, 0) is 26.9 Å². The second-order valence-corrected chi connectivity index (χ2v) is 5.83. The number of aryl methyl sites for hydroxylation is 1. The first-order valence-electron chi connectivity index (χ1n) is 6.73. The van der Waals surface area contributed by atoms with Crippen LogP contribution in [0.2, 0.25) is 0 Å². The quantitative estimate of drug-likeness (QED) is 0.756. The summed E-state index contributed by atoms with van der Waals surface area (Å²) in [5, 5.41) is 1.92. The molecular weight excluding hydrogens is 290 g/mol. The zero-order valence-corrected chi connectivity index (χ0v) is 13.3. The molecule has 0 aliphatic heterocycles. The molecule has 7 heteroatoms. The van der Waals surface area contributed by atoms with Crippen molar-refractivity contribution in [3.8, 4) is 0 Å². The third-order valence-corrected chi connectivity index (χ3v) is 4.15. The Morgan fingerprint density at radius 1 is 1.52 bits per heavy atom. The van der Waals surface area contributed by atoms with E-state index in [1.807, 2.05) is 24.3 Å². The van der Waals surface area contributed by atoms with Crippen LogP contribution in [-0.4, -0.2) is 41.0 Å². The van der Waals surface area contributed by atoms with E-state index in [4.69, 9.17) is 0 Å². The third-order valence-electron chi connectivity index (χ3n) is 3.21. The molecule has 2 heterocycles. The molecule has 0 fully saturated rings. The maximum atomic E-state index is 12.1. The molecule has 0 spiro atoms. The number of thiazole rings is 1. The normalized spacial score (nSPS) is 11.2. The van der Waals surface area contributed by atoms with Crippen molar-refractivity contribution >= 4 is 22.3 Å². The summed E-state index contributed by atoms with van der Waals surface area (Å²) in [7, 11) is 3.34.